The number of hydrogen-bond donors (Lipinski definition) is 2. The maximum Gasteiger partial charge on any atom is 0.321 e. The van der Waals surface area contributed by atoms with E-state index in [-0.39, 0.29) is 22.8 Å². The van der Waals surface area contributed by atoms with E-state index < -0.39 is 22.0 Å². The van der Waals surface area contributed by atoms with E-state index in [1.54, 1.807) is 7.05 Å². The molecule has 1 unspecified atom stereocenters. The molecule has 1 rings (SSSR count). The van der Waals surface area contributed by atoms with Gasteiger partial charge in [0.05, 0.1) is 4.90 Å². The Bertz CT molecular complexity index is 687. The first-order valence-corrected chi connectivity index (χ1v) is 9.31. The lowest BCUT2D eigenvalue weighted by Crippen LogP contribution is -2.40. The van der Waals surface area contributed by atoms with Crippen LogP contribution in [0.1, 0.15) is 43.5 Å². The summed E-state index contributed by atoms with van der Waals surface area (Å²) in [6.45, 7) is 4.20. The molecular weight excluding hydrogens is 332 g/mol. The standard InChI is InChI=1S/C16H24N2O5S/c1-4-6-10-14(16(20)21)17-24(22,23)13-9-7-8-12(11-13)15(19)18(3)5-2/h7-9,11,14,17H,4-6,10H2,1-3H3,(H,20,21). The van der Waals surface area contributed by atoms with Crippen LogP contribution in [0, 0.1) is 0 Å². The normalized spacial score (nSPS) is 12.6. The van der Waals surface area contributed by atoms with Crippen LogP contribution >= 0.6 is 0 Å². The average Bonchev–Trinajstić information content (AvgIpc) is 2.57. The van der Waals surface area contributed by atoms with Crippen LogP contribution in [0.3, 0.4) is 0 Å². The minimum atomic E-state index is -4.02. The van der Waals surface area contributed by atoms with Gasteiger partial charge >= 0.3 is 5.97 Å². The van der Waals surface area contributed by atoms with Gasteiger partial charge in [-0.15, -0.1) is 0 Å². The van der Waals surface area contributed by atoms with E-state index in [2.05, 4.69) is 4.72 Å². The van der Waals surface area contributed by atoms with Gasteiger partial charge in [-0.25, -0.2) is 8.42 Å². The molecule has 0 aromatic heterocycles. The lowest BCUT2D eigenvalue weighted by Gasteiger charge is -2.16. The summed E-state index contributed by atoms with van der Waals surface area (Å²) in [5.41, 5.74) is 0.239. The van der Waals surface area contributed by atoms with Crippen LogP contribution in [-0.4, -0.2) is 49.9 Å². The number of rotatable bonds is 9. The fourth-order valence-electron chi connectivity index (χ4n) is 2.06. The number of carboxylic acid groups (broad SMARTS) is 1. The largest absolute Gasteiger partial charge is 0.480 e. The highest BCUT2D eigenvalue weighted by atomic mass is 32.2. The summed E-state index contributed by atoms with van der Waals surface area (Å²) in [5, 5.41) is 9.17. The number of sulfonamides is 1. The summed E-state index contributed by atoms with van der Waals surface area (Å²) in [5.74, 6) is -1.51. The molecule has 0 saturated carbocycles. The Hall–Kier alpha value is -1.93. The molecule has 2 N–H and O–H groups in total. The van der Waals surface area contributed by atoms with Crippen molar-refractivity contribution in [3.05, 3.63) is 29.8 Å². The summed E-state index contributed by atoms with van der Waals surface area (Å²) < 4.78 is 27.1. The molecule has 0 heterocycles. The van der Waals surface area contributed by atoms with Gasteiger partial charge in [-0.2, -0.15) is 4.72 Å². The highest BCUT2D eigenvalue weighted by Gasteiger charge is 2.25. The van der Waals surface area contributed by atoms with E-state index >= 15 is 0 Å². The van der Waals surface area contributed by atoms with Crippen LogP contribution in [0.2, 0.25) is 0 Å². The van der Waals surface area contributed by atoms with Gasteiger partial charge in [0.2, 0.25) is 10.0 Å². The average molecular weight is 356 g/mol. The second-order valence-corrected chi connectivity index (χ2v) is 7.22. The van der Waals surface area contributed by atoms with Crippen LogP contribution in [0.5, 0.6) is 0 Å². The molecule has 24 heavy (non-hydrogen) atoms. The first-order valence-electron chi connectivity index (χ1n) is 7.83. The van der Waals surface area contributed by atoms with Gasteiger partial charge in [0.1, 0.15) is 6.04 Å². The molecule has 134 valence electrons. The van der Waals surface area contributed by atoms with Gasteiger partial charge in [-0.1, -0.05) is 25.8 Å². The van der Waals surface area contributed by atoms with Crippen molar-refractivity contribution in [2.45, 2.75) is 44.0 Å². The van der Waals surface area contributed by atoms with Gasteiger partial charge < -0.3 is 10.0 Å². The number of nitrogens with zero attached hydrogens (tertiary/aromatic N) is 1. The minimum absolute atomic E-state index is 0.124. The molecule has 1 aromatic carbocycles. The summed E-state index contributed by atoms with van der Waals surface area (Å²) in [4.78, 5) is 24.7. The molecule has 0 radical (unpaired) electrons. The van der Waals surface area contributed by atoms with Crippen molar-refractivity contribution < 1.29 is 23.1 Å². The van der Waals surface area contributed by atoms with Crippen molar-refractivity contribution in [3.8, 4) is 0 Å². The SMILES string of the molecule is CCCCC(NS(=O)(=O)c1cccc(C(=O)N(C)CC)c1)C(=O)O. The zero-order valence-corrected chi connectivity index (χ0v) is 15.0. The molecule has 0 fully saturated rings. The van der Waals surface area contributed by atoms with E-state index in [1.807, 2.05) is 13.8 Å². The molecule has 0 aliphatic carbocycles. The van der Waals surface area contributed by atoms with Crippen LogP contribution in [0.25, 0.3) is 0 Å². The Kier molecular flexibility index (Phi) is 7.37. The molecule has 8 heteroatoms. The zero-order valence-electron chi connectivity index (χ0n) is 14.2. The van der Waals surface area contributed by atoms with Crippen molar-refractivity contribution in [3.63, 3.8) is 0 Å². The first-order chi connectivity index (χ1) is 11.2. The molecule has 0 saturated heterocycles. The third-order valence-corrected chi connectivity index (χ3v) is 5.12. The fraction of sp³-hybridized carbons (Fsp3) is 0.500. The maximum atomic E-state index is 12.4. The molecule has 0 spiro atoms. The van der Waals surface area contributed by atoms with E-state index in [4.69, 9.17) is 5.11 Å². The Labute approximate surface area is 142 Å². The number of unbranched alkanes of at least 4 members (excludes halogenated alkanes) is 1. The summed E-state index contributed by atoms with van der Waals surface area (Å²) in [6, 6.07) is 4.40. The lowest BCUT2D eigenvalue weighted by atomic mass is 10.1. The summed E-state index contributed by atoms with van der Waals surface area (Å²) in [7, 11) is -2.41. The van der Waals surface area contributed by atoms with Crippen molar-refractivity contribution in [2.75, 3.05) is 13.6 Å². The van der Waals surface area contributed by atoms with E-state index in [9.17, 15) is 18.0 Å². The zero-order chi connectivity index (χ0) is 18.3. The first kappa shape index (κ1) is 20.1. The third kappa shape index (κ3) is 5.31. The Balaban J connectivity index is 3.06. The monoisotopic (exact) mass is 356 g/mol. The van der Waals surface area contributed by atoms with E-state index in [1.165, 1.54) is 29.2 Å². The molecule has 1 atom stereocenters. The Morgan fingerprint density at radius 2 is 1.96 bits per heavy atom. The predicted octanol–water partition coefficient (Wildman–Crippen LogP) is 1.70. The highest BCUT2D eigenvalue weighted by Crippen LogP contribution is 2.15. The molecule has 0 aliphatic heterocycles. The van der Waals surface area contributed by atoms with Crippen molar-refractivity contribution in [2.24, 2.45) is 0 Å². The predicted molar refractivity (Wildman–Crippen MR) is 90.3 cm³/mol. The highest BCUT2D eigenvalue weighted by molar-refractivity contribution is 7.89. The van der Waals surface area contributed by atoms with Gasteiger partial charge in [0, 0.05) is 19.2 Å². The number of nitrogens with one attached hydrogen (secondary N) is 1. The second-order valence-electron chi connectivity index (χ2n) is 5.50. The second kappa shape index (κ2) is 8.79. The number of carbonyl (C=O) groups excluding carboxylic acids is 1. The van der Waals surface area contributed by atoms with Crippen LogP contribution < -0.4 is 4.72 Å². The smallest absolute Gasteiger partial charge is 0.321 e. The number of amides is 1. The van der Waals surface area contributed by atoms with Crippen molar-refractivity contribution in [1.82, 2.24) is 9.62 Å². The molecular formula is C16H24N2O5S. The number of hydrogen-bond acceptors (Lipinski definition) is 4. The van der Waals surface area contributed by atoms with Gasteiger partial charge in [0.15, 0.2) is 0 Å². The Morgan fingerprint density at radius 1 is 1.29 bits per heavy atom. The molecule has 0 aliphatic rings. The quantitative estimate of drug-likeness (QED) is 0.701. The molecule has 1 amide bonds. The number of carboxylic acids is 1. The Morgan fingerprint density at radius 3 is 2.50 bits per heavy atom. The molecule has 0 bridgehead atoms. The lowest BCUT2D eigenvalue weighted by molar-refractivity contribution is -0.139. The van der Waals surface area contributed by atoms with E-state index in [0.29, 0.717) is 13.0 Å². The van der Waals surface area contributed by atoms with Crippen molar-refractivity contribution in [1.29, 1.82) is 0 Å². The van der Waals surface area contributed by atoms with Gasteiger partial charge in [-0.3, -0.25) is 9.59 Å². The number of benzene rings is 1. The van der Waals surface area contributed by atoms with Crippen molar-refractivity contribution >= 4 is 21.9 Å². The summed E-state index contributed by atoms with van der Waals surface area (Å²) in [6.07, 6.45) is 1.57. The molecule has 7 nitrogen and oxygen atoms in total. The minimum Gasteiger partial charge on any atom is -0.480 e. The van der Waals surface area contributed by atoms with Gasteiger partial charge in [-0.05, 0) is 31.5 Å². The fourth-order valence-corrected chi connectivity index (χ4v) is 3.33. The third-order valence-electron chi connectivity index (χ3n) is 3.65. The van der Waals surface area contributed by atoms with Gasteiger partial charge in [0.25, 0.3) is 5.91 Å². The molecule has 1 aromatic rings. The van der Waals surface area contributed by atoms with Crippen LogP contribution in [0.15, 0.2) is 29.2 Å². The van der Waals surface area contributed by atoms with Crippen LogP contribution in [-0.2, 0) is 14.8 Å². The van der Waals surface area contributed by atoms with Crippen LogP contribution in [0.4, 0.5) is 0 Å². The maximum absolute atomic E-state index is 12.4. The van der Waals surface area contributed by atoms with E-state index in [0.717, 1.165) is 6.42 Å². The topological polar surface area (TPSA) is 104 Å². The number of carbonyl (C=O) groups is 2. The number of aliphatic carboxylic acids is 1. The summed E-state index contributed by atoms with van der Waals surface area (Å²) >= 11 is 0.